The molecule has 0 saturated heterocycles. The van der Waals surface area contributed by atoms with Gasteiger partial charge in [0.1, 0.15) is 0 Å². The first-order valence-electron chi connectivity index (χ1n) is 7.23. The summed E-state index contributed by atoms with van der Waals surface area (Å²) in [5.41, 5.74) is 5.51. The Morgan fingerprint density at radius 2 is 1.25 bits per heavy atom. The molecule has 0 aliphatic carbocycles. The molecule has 0 atom stereocenters. The molecular formula is C20H18. The van der Waals surface area contributed by atoms with E-state index in [0.29, 0.717) is 0 Å². The van der Waals surface area contributed by atoms with Crippen LogP contribution in [0.4, 0.5) is 0 Å². The van der Waals surface area contributed by atoms with Crippen molar-refractivity contribution in [1.82, 2.24) is 0 Å². The molecule has 0 nitrogen and oxygen atoms in total. The zero-order valence-electron chi connectivity index (χ0n) is 12.5. The quantitative estimate of drug-likeness (QED) is 0.349. The van der Waals surface area contributed by atoms with Crippen LogP contribution in [-0.2, 0) is 0 Å². The molecule has 0 radical (unpaired) electrons. The van der Waals surface area contributed by atoms with Crippen molar-refractivity contribution >= 4 is 32.3 Å². The summed E-state index contributed by atoms with van der Waals surface area (Å²) in [5, 5.41) is 8.51. The van der Waals surface area contributed by atoms with Crippen LogP contribution in [0.1, 0.15) is 22.3 Å². The Labute approximate surface area is 119 Å². The Hall–Kier alpha value is -2.08. The van der Waals surface area contributed by atoms with Crippen LogP contribution in [0.3, 0.4) is 0 Å². The highest BCUT2D eigenvalue weighted by Gasteiger charge is 2.14. The van der Waals surface area contributed by atoms with E-state index >= 15 is 0 Å². The van der Waals surface area contributed by atoms with Crippen LogP contribution in [0.5, 0.6) is 0 Å². The first-order chi connectivity index (χ1) is 9.58. The molecule has 0 spiro atoms. The van der Waals surface area contributed by atoms with E-state index in [4.69, 9.17) is 0 Å². The minimum Gasteiger partial charge on any atom is -0.0581 e. The second kappa shape index (κ2) is 3.73. The number of rotatable bonds is 0. The highest BCUT2D eigenvalue weighted by atomic mass is 14.2. The van der Waals surface area contributed by atoms with E-state index in [9.17, 15) is 0 Å². The molecule has 0 heterocycles. The summed E-state index contributed by atoms with van der Waals surface area (Å²) in [7, 11) is 0. The van der Waals surface area contributed by atoms with Crippen LogP contribution in [0.15, 0.2) is 36.4 Å². The van der Waals surface area contributed by atoms with Gasteiger partial charge in [0, 0.05) is 0 Å². The lowest BCUT2D eigenvalue weighted by atomic mass is 9.86. The summed E-state index contributed by atoms with van der Waals surface area (Å²) in [6.45, 7) is 8.90. The van der Waals surface area contributed by atoms with Gasteiger partial charge in [0.05, 0.1) is 0 Å². The van der Waals surface area contributed by atoms with E-state index in [1.165, 1.54) is 54.6 Å². The van der Waals surface area contributed by atoms with Gasteiger partial charge in [0.15, 0.2) is 0 Å². The molecule has 0 unspecified atom stereocenters. The minimum atomic E-state index is 1.37. The predicted molar refractivity (Wildman–Crippen MR) is 89.1 cm³/mol. The minimum absolute atomic E-state index is 1.37. The maximum atomic E-state index is 2.35. The van der Waals surface area contributed by atoms with Crippen LogP contribution in [0.2, 0.25) is 0 Å². The number of hydrogen-bond donors (Lipinski definition) is 0. The van der Waals surface area contributed by atoms with E-state index < -0.39 is 0 Å². The standard InChI is InChI=1S/C20H18/c1-11-5-7-15-9-14(4)18-12(2)6-8-16-13(3)10-17(11)19(15)20(16)18/h5-10H,1-4H3. The second-order valence-corrected chi connectivity index (χ2v) is 6.10. The molecule has 98 valence electrons. The molecule has 0 bridgehead atoms. The molecule has 4 aromatic rings. The highest BCUT2D eigenvalue weighted by Crippen LogP contribution is 2.40. The van der Waals surface area contributed by atoms with Crippen molar-refractivity contribution in [1.29, 1.82) is 0 Å². The van der Waals surface area contributed by atoms with Gasteiger partial charge in [-0.15, -0.1) is 0 Å². The van der Waals surface area contributed by atoms with E-state index in [1.54, 1.807) is 0 Å². The van der Waals surface area contributed by atoms with Crippen molar-refractivity contribution < 1.29 is 0 Å². The molecule has 20 heavy (non-hydrogen) atoms. The van der Waals surface area contributed by atoms with E-state index in [2.05, 4.69) is 64.1 Å². The van der Waals surface area contributed by atoms with Gasteiger partial charge in [-0.2, -0.15) is 0 Å². The Morgan fingerprint density at radius 3 is 2.05 bits per heavy atom. The van der Waals surface area contributed by atoms with Crippen LogP contribution >= 0.6 is 0 Å². The third kappa shape index (κ3) is 1.31. The Morgan fingerprint density at radius 1 is 0.500 bits per heavy atom. The second-order valence-electron chi connectivity index (χ2n) is 6.10. The van der Waals surface area contributed by atoms with Crippen LogP contribution in [0.25, 0.3) is 32.3 Å². The molecule has 0 fully saturated rings. The largest absolute Gasteiger partial charge is 0.0581 e. The predicted octanol–water partition coefficient (Wildman–Crippen LogP) is 5.82. The Kier molecular flexibility index (Phi) is 2.18. The summed E-state index contributed by atoms with van der Waals surface area (Å²) >= 11 is 0. The third-order valence-corrected chi connectivity index (χ3v) is 4.71. The van der Waals surface area contributed by atoms with Crippen molar-refractivity contribution in [2.45, 2.75) is 27.7 Å². The lowest BCUT2D eigenvalue weighted by molar-refractivity contribution is 1.46. The lowest BCUT2D eigenvalue weighted by Gasteiger charge is -2.17. The van der Waals surface area contributed by atoms with Gasteiger partial charge in [0.2, 0.25) is 0 Å². The maximum Gasteiger partial charge on any atom is -0.00187 e. The lowest BCUT2D eigenvalue weighted by Crippen LogP contribution is -1.92. The van der Waals surface area contributed by atoms with Gasteiger partial charge in [-0.1, -0.05) is 36.4 Å². The summed E-state index contributed by atoms with van der Waals surface area (Å²) < 4.78 is 0. The molecule has 0 amide bonds. The molecule has 0 aliphatic heterocycles. The van der Waals surface area contributed by atoms with Crippen LogP contribution < -0.4 is 0 Å². The number of aryl methyl sites for hydroxylation is 4. The van der Waals surface area contributed by atoms with Crippen molar-refractivity contribution in [2.75, 3.05) is 0 Å². The third-order valence-electron chi connectivity index (χ3n) is 4.71. The maximum absolute atomic E-state index is 2.35. The summed E-state index contributed by atoms with van der Waals surface area (Å²) in [5.74, 6) is 0. The SMILES string of the molecule is Cc1ccc2cc(C)c3c(C)ccc4c(C)cc1c2c43. The molecule has 4 aromatic carbocycles. The van der Waals surface area contributed by atoms with E-state index in [1.807, 2.05) is 0 Å². The van der Waals surface area contributed by atoms with Gasteiger partial charge >= 0.3 is 0 Å². The Bertz CT molecular complexity index is 974. The van der Waals surface area contributed by atoms with Gasteiger partial charge < -0.3 is 0 Å². The molecule has 0 N–H and O–H groups in total. The average Bonchev–Trinajstić information content (AvgIpc) is 2.41. The number of benzene rings is 4. The molecule has 0 aromatic heterocycles. The van der Waals surface area contributed by atoms with Crippen molar-refractivity contribution in [3.8, 4) is 0 Å². The summed E-state index contributed by atoms with van der Waals surface area (Å²) in [6, 6.07) is 13.7. The molecule has 0 aliphatic rings. The van der Waals surface area contributed by atoms with Crippen LogP contribution in [0, 0.1) is 27.7 Å². The zero-order valence-corrected chi connectivity index (χ0v) is 12.5. The molecular weight excluding hydrogens is 240 g/mol. The van der Waals surface area contributed by atoms with Gasteiger partial charge in [-0.3, -0.25) is 0 Å². The first kappa shape index (κ1) is 11.7. The summed E-state index contributed by atoms with van der Waals surface area (Å²) in [4.78, 5) is 0. The van der Waals surface area contributed by atoms with Gasteiger partial charge in [-0.25, -0.2) is 0 Å². The number of hydrogen-bond acceptors (Lipinski definition) is 0. The Balaban J connectivity index is 2.50. The molecule has 0 saturated carbocycles. The van der Waals surface area contributed by atoms with Crippen molar-refractivity contribution in [2.24, 2.45) is 0 Å². The normalized spacial score (nSPS) is 12.0. The fourth-order valence-corrected chi connectivity index (χ4v) is 3.73. The average molecular weight is 258 g/mol. The smallest absolute Gasteiger partial charge is 0.00187 e. The molecule has 4 rings (SSSR count). The first-order valence-corrected chi connectivity index (χ1v) is 7.23. The highest BCUT2D eigenvalue weighted by molar-refractivity contribution is 6.25. The van der Waals surface area contributed by atoms with Gasteiger partial charge in [-0.05, 0) is 82.3 Å². The van der Waals surface area contributed by atoms with Crippen molar-refractivity contribution in [3.63, 3.8) is 0 Å². The topological polar surface area (TPSA) is 0 Å². The molecule has 0 heteroatoms. The zero-order chi connectivity index (χ0) is 14.0. The van der Waals surface area contributed by atoms with Crippen molar-refractivity contribution in [3.05, 3.63) is 58.7 Å². The fourth-order valence-electron chi connectivity index (χ4n) is 3.73. The van der Waals surface area contributed by atoms with E-state index in [-0.39, 0.29) is 0 Å². The van der Waals surface area contributed by atoms with Gasteiger partial charge in [0.25, 0.3) is 0 Å². The monoisotopic (exact) mass is 258 g/mol. The van der Waals surface area contributed by atoms with E-state index in [0.717, 1.165) is 0 Å². The summed E-state index contributed by atoms with van der Waals surface area (Å²) in [6.07, 6.45) is 0. The fraction of sp³-hybridized carbons (Fsp3) is 0.200. The van der Waals surface area contributed by atoms with Crippen LogP contribution in [-0.4, -0.2) is 0 Å².